The fraction of sp³-hybridized carbons (Fsp3) is 0.500. The van der Waals surface area contributed by atoms with Crippen LogP contribution in [0.3, 0.4) is 0 Å². The van der Waals surface area contributed by atoms with Crippen LogP contribution in [0, 0.1) is 0 Å². The van der Waals surface area contributed by atoms with Crippen LogP contribution in [-0.2, 0) is 10.9 Å². The smallest absolute Gasteiger partial charge is 0.373 e. The Labute approximate surface area is 123 Å². The van der Waals surface area contributed by atoms with Crippen molar-refractivity contribution in [1.82, 2.24) is 14.6 Å². The van der Waals surface area contributed by atoms with Gasteiger partial charge in [-0.25, -0.2) is 9.50 Å². The number of morpholine rings is 1. The van der Waals surface area contributed by atoms with Gasteiger partial charge in [-0.2, -0.15) is 18.3 Å². The Bertz CT molecular complexity index is 645. The molecular weight excluding hydrogens is 309 g/mol. The number of hydrogen-bond donors (Lipinski definition) is 0. The Hall–Kier alpha value is -1.54. The Balaban J connectivity index is 2.00. The predicted octanol–water partition coefficient (Wildman–Crippen LogP) is 2.19. The topological polar surface area (TPSA) is 42.7 Å². The van der Waals surface area contributed by atoms with Crippen molar-refractivity contribution in [3.63, 3.8) is 0 Å². The van der Waals surface area contributed by atoms with E-state index >= 15 is 0 Å². The molecule has 0 N–H and O–H groups in total. The van der Waals surface area contributed by atoms with Gasteiger partial charge in [0.2, 0.25) is 0 Å². The molecule has 0 saturated carbocycles. The van der Waals surface area contributed by atoms with Gasteiger partial charge in [-0.1, -0.05) is 0 Å². The SMILES string of the molecule is FC(F)(F)c1cc2c(N3CCOC(CCl)C3)nccn2n1. The fourth-order valence-electron chi connectivity index (χ4n) is 2.30. The van der Waals surface area contributed by atoms with Gasteiger partial charge in [0.1, 0.15) is 5.52 Å². The Kier molecular flexibility index (Phi) is 3.66. The molecule has 9 heteroatoms. The van der Waals surface area contributed by atoms with Crippen LogP contribution in [0.25, 0.3) is 5.52 Å². The van der Waals surface area contributed by atoms with Crippen LogP contribution in [0.5, 0.6) is 0 Å². The Morgan fingerprint density at radius 1 is 1.43 bits per heavy atom. The quantitative estimate of drug-likeness (QED) is 0.796. The van der Waals surface area contributed by atoms with E-state index in [-0.39, 0.29) is 6.10 Å². The maximum atomic E-state index is 12.8. The van der Waals surface area contributed by atoms with E-state index in [0.29, 0.717) is 36.9 Å². The molecule has 2 aromatic rings. The van der Waals surface area contributed by atoms with Gasteiger partial charge in [0.15, 0.2) is 11.5 Å². The van der Waals surface area contributed by atoms with E-state index < -0.39 is 11.9 Å². The number of fused-ring (bicyclic) bond motifs is 1. The van der Waals surface area contributed by atoms with Crippen LogP contribution in [-0.4, -0.2) is 46.3 Å². The number of alkyl halides is 4. The van der Waals surface area contributed by atoms with Crippen molar-refractivity contribution < 1.29 is 17.9 Å². The highest BCUT2D eigenvalue weighted by Gasteiger charge is 2.35. The second-order valence-electron chi connectivity index (χ2n) is 4.70. The highest BCUT2D eigenvalue weighted by atomic mass is 35.5. The lowest BCUT2D eigenvalue weighted by Gasteiger charge is -2.33. The molecule has 0 bridgehead atoms. The number of halogens is 4. The van der Waals surface area contributed by atoms with E-state index in [1.54, 1.807) is 0 Å². The fourth-order valence-corrected chi connectivity index (χ4v) is 2.48. The largest absolute Gasteiger partial charge is 0.435 e. The van der Waals surface area contributed by atoms with E-state index in [2.05, 4.69) is 10.1 Å². The van der Waals surface area contributed by atoms with Crippen LogP contribution in [0.1, 0.15) is 5.69 Å². The second-order valence-corrected chi connectivity index (χ2v) is 5.01. The number of hydrogen-bond acceptors (Lipinski definition) is 4. The molecule has 114 valence electrons. The minimum Gasteiger partial charge on any atom is -0.373 e. The maximum absolute atomic E-state index is 12.8. The number of rotatable bonds is 2. The van der Waals surface area contributed by atoms with E-state index in [9.17, 15) is 13.2 Å². The van der Waals surface area contributed by atoms with E-state index in [1.807, 2.05) is 4.90 Å². The summed E-state index contributed by atoms with van der Waals surface area (Å²) in [5.74, 6) is 0.783. The van der Waals surface area contributed by atoms with Gasteiger partial charge < -0.3 is 9.64 Å². The van der Waals surface area contributed by atoms with Crippen molar-refractivity contribution in [3.05, 3.63) is 24.2 Å². The molecule has 1 saturated heterocycles. The Morgan fingerprint density at radius 2 is 2.24 bits per heavy atom. The van der Waals surface area contributed by atoms with Crippen LogP contribution in [0.2, 0.25) is 0 Å². The first kappa shape index (κ1) is 14.4. The monoisotopic (exact) mass is 320 g/mol. The van der Waals surface area contributed by atoms with Gasteiger partial charge in [-0.05, 0) is 0 Å². The van der Waals surface area contributed by atoms with Crippen molar-refractivity contribution in [3.8, 4) is 0 Å². The third kappa shape index (κ3) is 2.77. The first-order valence-electron chi connectivity index (χ1n) is 6.33. The van der Waals surface area contributed by atoms with Gasteiger partial charge in [0.05, 0.1) is 18.6 Å². The number of nitrogens with zero attached hydrogens (tertiary/aromatic N) is 4. The highest BCUT2D eigenvalue weighted by Crippen LogP contribution is 2.31. The number of anilines is 1. The lowest BCUT2D eigenvalue weighted by atomic mass is 10.3. The second kappa shape index (κ2) is 5.34. The van der Waals surface area contributed by atoms with Crippen molar-refractivity contribution >= 4 is 22.9 Å². The lowest BCUT2D eigenvalue weighted by molar-refractivity contribution is -0.141. The highest BCUT2D eigenvalue weighted by molar-refractivity contribution is 6.18. The summed E-state index contributed by atoms with van der Waals surface area (Å²) in [7, 11) is 0. The van der Waals surface area contributed by atoms with E-state index in [0.717, 1.165) is 6.07 Å². The van der Waals surface area contributed by atoms with E-state index in [4.69, 9.17) is 16.3 Å². The molecule has 1 atom stereocenters. The zero-order valence-electron chi connectivity index (χ0n) is 10.8. The molecule has 0 amide bonds. The summed E-state index contributed by atoms with van der Waals surface area (Å²) in [5.41, 5.74) is -0.612. The first-order chi connectivity index (χ1) is 9.99. The third-order valence-electron chi connectivity index (χ3n) is 3.27. The summed E-state index contributed by atoms with van der Waals surface area (Å²) in [4.78, 5) is 6.06. The molecule has 2 aromatic heterocycles. The normalized spacial score (nSPS) is 20.2. The number of ether oxygens (including phenoxy) is 1. The van der Waals surface area contributed by atoms with E-state index in [1.165, 1.54) is 16.9 Å². The van der Waals surface area contributed by atoms with Crippen molar-refractivity contribution in [2.75, 3.05) is 30.5 Å². The summed E-state index contributed by atoms with van der Waals surface area (Å²) in [6.07, 6.45) is -1.81. The number of aromatic nitrogens is 3. The van der Waals surface area contributed by atoms with Crippen LogP contribution >= 0.6 is 11.6 Å². The van der Waals surface area contributed by atoms with Crippen molar-refractivity contribution in [1.29, 1.82) is 0 Å². The molecule has 5 nitrogen and oxygen atoms in total. The van der Waals surface area contributed by atoms with Gasteiger partial charge in [-0.3, -0.25) is 0 Å². The van der Waals surface area contributed by atoms with Crippen LogP contribution in [0.4, 0.5) is 19.0 Å². The summed E-state index contributed by atoms with van der Waals surface area (Å²) in [6.45, 7) is 1.50. The van der Waals surface area contributed by atoms with Gasteiger partial charge in [0.25, 0.3) is 0 Å². The summed E-state index contributed by atoms with van der Waals surface area (Å²) >= 11 is 5.78. The first-order valence-corrected chi connectivity index (χ1v) is 6.86. The van der Waals surface area contributed by atoms with Gasteiger partial charge in [-0.15, -0.1) is 11.6 Å². The molecular formula is C12H12ClF3N4O. The molecule has 0 aromatic carbocycles. The third-order valence-corrected chi connectivity index (χ3v) is 3.61. The molecule has 1 unspecified atom stereocenters. The minimum atomic E-state index is -4.48. The molecule has 0 radical (unpaired) electrons. The van der Waals surface area contributed by atoms with Crippen molar-refractivity contribution in [2.24, 2.45) is 0 Å². The van der Waals surface area contributed by atoms with Crippen LogP contribution < -0.4 is 4.90 Å². The maximum Gasteiger partial charge on any atom is 0.435 e. The molecule has 0 spiro atoms. The summed E-state index contributed by atoms with van der Waals surface area (Å²) < 4.78 is 44.9. The van der Waals surface area contributed by atoms with Crippen LogP contribution in [0.15, 0.2) is 18.5 Å². The van der Waals surface area contributed by atoms with Gasteiger partial charge >= 0.3 is 6.18 Å². The zero-order valence-corrected chi connectivity index (χ0v) is 11.6. The molecule has 21 heavy (non-hydrogen) atoms. The standard InChI is InChI=1S/C12H12ClF3N4O/c13-6-8-7-19(3-4-21-8)11-9-5-10(12(14,15)16)18-20(9)2-1-17-11/h1-2,5,8H,3-4,6-7H2. The van der Waals surface area contributed by atoms with Gasteiger partial charge in [0, 0.05) is 31.5 Å². The molecule has 1 fully saturated rings. The molecule has 1 aliphatic heterocycles. The van der Waals surface area contributed by atoms with Crippen molar-refractivity contribution in [2.45, 2.75) is 12.3 Å². The molecule has 0 aliphatic carbocycles. The average Bonchev–Trinajstić information content (AvgIpc) is 2.91. The lowest BCUT2D eigenvalue weighted by Crippen LogP contribution is -2.43. The minimum absolute atomic E-state index is 0.160. The Morgan fingerprint density at radius 3 is 2.95 bits per heavy atom. The summed E-state index contributed by atoms with van der Waals surface area (Å²) in [6, 6.07) is 1.01. The molecule has 3 heterocycles. The molecule has 3 rings (SSSR count). The predicted molar refractivity (Wildman–Crippen MR) is 70.7 cm³/mol. The zero-order chi connectivity index (χ0) is 15.0. The molecule has 1 aliphatic rings. The average molecular weight is 321 g/mol. The summed E-state index contributed by atoms with van der Waals surface area (Å²) in [5, 5.41) is 3.55.